The van der Waals surface area contributed by atoms with Gasteiger partial charge in [-0.3, -0.25) is 4.79 Å². The highest BCUT2D eigenvalue weighted by molar-refractivity contribution is 6.61. The van der Waals surface area contributed by atoms with Crippen LogP contribution in [0.15, 0.2) is 16.9 Å². The Balaban J connectivity index is 2.03. The number of pyridine rings is 1. The molecule has 1 aromatic heterocycles. The predicted molar refractivity (Wildman–Crippen MR) is 79.4 cm³/mol. The molecule has 2 fully saturated rings. The first-order valence-corrected chi connectivity index (χ1v) is 7.24. The van der Waals surface area contributed by atoms with E-state index < -0.39 is 18.3 Å². The van der Waals surface area contributed by atoms with E-state index in [1.807, 2.05) is 33.8 Å². The summed E-state index contributed by atoms with van der Waals surface area (Å²) in [7, 11) is -0.499. The molecule has 5 heteroatoms. The molecule has 1 aromatic rings. The van der Waals surface area contributed by atoms with Gasteiger partial charge in [0.2, 0.25) is 5.56 Å². The summed E-state index contributed by atoms with van der Waals surface area (Å²) in [4.78, 5) is 14.6. The predicted octanol–water partition coefficient (Wildman–Crippen LogP) is 1.73. The van der Waals surface area contributed by atoms with Gasteiger partial charge in [0, 0.05) is 6.07 Å². The average Bonchev–Trinajstić information content (AvgIpc) is 3.01. The zero-order valence-electron chi connectivity index (χ0n) is 12.9. The summed E-state index contributed by atoms with van der Waals surface area (Å²) in [5.74, 6) is 0. The quantitative estimate of drug-likeness (QED) is 0.836. The lowest BCUT2D eigenvalue weighted by atomic mass is 9.77. The molecule has 0 aromatic carbocycles. The Morgan fingerprint density at radius 2 is 1.60 bits per heavy atom. The van der Waals surface area contributed by atoms with Gasteiger partial charge < -0.3 is 14.3 Å². The number of aromatic nitrogens is 1. The molecule has 108 valence electrons. The zero-order valence-corrected chi connectivity index (χ0v) is 12.9. The third-order valence-corrected chi connectivity index (χ3v) is 5.09. The molecule has 1 aliphatic heterocycles. The van der Waals surface area contributed by atoms with Gasteiger partial charge in [0.15, 0.2) is 0 Å². The lowest BCUT2D eigenvalue weighted by Gasteiger charge is -2.32. The second kappa shape index (κ2) is 3.98. The van der Waals surface area contributed by atoms with Crippen LogP contribution >= 0.6 is 0 Å². The third-order valence-electron chi connectivity index (χ3n) is 5.09. The summed E-state index contributed by atoms with van der Waals surface area (Å²) in [6, 6.07) is 3.51. The summed E-state index contributed by atoms with van der Waals surface area (Å²) in [6.45, 7) is 10.3. The van der Waals surface area contributed by atoms with Gasteiger partial charge in [-0.2, -0.15) is 0 Å². The molecule has 20 heavy (non-hydrogen) atoms. The van der Waals surface area contributed by atoms with E-state index in [-0.39, 0.29) is 11.0 Å². The molecule has 4 nitrogen and oxygen atoms in total. The van der Waals surface area contributed by atoms with Crippen LogP contribution in [0.5, 0.6) is 0 Å². The molecule has 0 amide bonds. The van der Waals surface area contributed by atoms with E-state index >= 15 is 0 Å². The lowest BCUT2D eigenvalue weighted by molar-refractivity contribution is 0.00578. The molecule has 1 saturated heterocycles. The minimum atomic E-state index is -0.499. The van der Waals surface area contributed by atoms with E-state index in [1.54, 1.807) is 6.07 Å². The van der Waals surface area contributed by atoms with Gasteiger partial charge in [-0.1, -0.05) is 13.0 Å². The van der Waals surface area contributed by atoms with Gasteiger partial charge in [0.05, 0.1) is 16.8 Å². The number of hydrogen-bond donors (Lipinski definition) is 1. The van der Waals surface area contributed by atoms with E-state index in [2.05, 4.69) is 11.9 Å². The molecule has 1 aliphatic carbocycles. The second-order valence-corrected chi connectivity index (χ2v) is 7.30. The smallest absolute Gasteiger partial charge is 0.398 e. The van der Waals surface area contributed by atoms with E-state index in [0.29, 0.717) is 0 Å². The fourth-order valence-electron chi connectivity index (χ4n) is 2.62. The Hall–Kier alpha value is -1.07. The molecular weight excluding hydrogens is 253 g/mol. The van der Waals surface area contributed by atoms with Gasteiger partial charge in [-0.05, 0) is 51.5 Å². The molecule has 0 radical (unpaired) electrons. The topological polar surface area (TPSA) is 51.3 Å². The Morgan fingerprint density at radius 1 is 1.05 bits per heavy atom. The summed E-state index contributed by atoms with van der Waals surface area (Å²) < 4.78 is 12.2. The highest BCUT2D eigenvalue weighted by atomic mass is 16.7. The van der Waals surface area contributed by atoms with Crippen LogP contribution in [0, 0.1) is 0 Å². The van der Waals surface area contributed by atoms with Crippen molar-refractivity contribution in [3.8, 4) is 0 Å². The van der Waals surface area contributed by atoms with E-state index in [0.717, 1.165) is 24.0 Å². The monoisotopic (exact) mass is 275 g/mol. The van der Waals surface area contributed by atoms with Crippen molar-refractivity contribution in [2.24, 2.45) is 0 Å². The van der Waals surface area contributed by atoms with Crippen molar-refractivity contribution in [2.45, 2.75) is 64.1 Å². The number of hydrogen-bond acceptors (Lipinski definition) is 3. The van der Waals surface area contributed by atoms with Crippen LogP contribution in [0.4, 0.5) is 0 Å². The second-order valence-electron chi connectivity index (χ2n) is 7.30. The van der Waals surface area contributed by atoms with Crippen LogP contribution < -0.4 is 11.2 Å². The summed E-state index contributed by atoms with van der Waals surface area (Å²) >= 11 is 0. The first-order chi connectivity index (χ1) is 9.15. The Bertz CT molecular complexity index is 585. The largest absolute Gasteiger partial charge is 0.512 e. The maximum absolute atomic E-state index is 11.7. The highest BCUT2D eigenvalue weighted by Crippen LogP contribution is 2.47. The van der Waals surface area contributed by atoms with Gasteiger partial charge in [0.1, 0.15) is 0 Å². The molecule has 0 bridgehead atoms. The zero-order chi connectivity index (χ0) is 14.8. The molecule has 3 rings (SSSR count). The summed E-state index contributed by atoms with van der Waals surface area (Å²) in [6.07, 6.45) is 2.29. The molecule has 0 unspecified atom stereocenters. The molecule has 0 spiro atoms. The molecular formula is C15H22BNO3. The Labute approximate surface area is 120 Å². The van der Waals surface area contributed by atoms with Gasteiger partial charge in [-0.25, -0.2) is 0 Å². The maximum atomic E-state index is 11.7. The standard InChI is InChI=1S/C15H22BNO3/c1-13(2)14(3,4)20-16(19-13)12-10(15(5)8-9-15)6-7-11(18)17-12/h6-7H,8-9H2,1-5H3,(H,17,18). The normalized spacial score (nSPS) is 25.8. The van der Waals surface area contributed by atoms with Crippen molar-refractivity contribution in [1.29, 1.82) is 0 Å². The van der Waals surface area contributed by atoms with Gasteiger partial charge in [0.25, 0.3) is 0 Å². The number of H-pyrrole nitrogens is 1. The fraction of sp³-hybridized carbons (Fsp3) is 0.667. The van der Waals surface area contributed by atoms with Crippen molar-refractivity contribution in [2.75, 3.05) is 0 Å². The minimum Gasteiger partial charge on any atom is -0.398 e. The third kappa shape index (κ3) is 2.04. The average molecular weight is 275 g/mol. The van der Waals surface area contributed by atoms with Crippen LogP contribution in [-0.4, -0.2) is 23.3 Å². The fourth-order valence-corrected chi connectivity index (χ4v) is 2.62. The van der Waals surface area contributed by atoms with E-state index in [1.165, 1.54) is 0 Å². The molecule has 1 saturated carbocycles. The van der Waals surface area contributed by atoms with Crippen molar-refractivity contribution >= 4 is 12.7 Å². The summed E-state index contributed by atoms with van der Waals surface area (Å²) in [5, 5.41) is 0. The molecule has 2 aliphatic rings. The molecule has 1 N–H and O–H groups in total. The highest BCUT2D eigenvalue weighted by Gasteiger charge is 2.54. The van der Waals surface area contributed by atoms with Crippen LogP contribution in [0.3, 0.4) is 0 Å². The Morgan fingerprint density at radius 3 is 2.10 bits per heavy atom. The van der Waals surface area contributed by atoms with Crippen LogP contribution in [0.2, 0.25) is 0 Å². The molecule has 2 heterocycles. The number of rotatable bonds is 2. The van der Waals surface area contributed by atoms with E-state index in [9.17, 15) is 4.79 Å². The lowest BCUT2D eigenvalue weighted by Crippen LogP contribution is -2.43. The number of nitrogens with one attached hydrogen (secondary N) is 1. The van der Waals surface area contributed by atoms with Gasteiger partial charge >= 0.3 is 7.12 Å². The minimum absolute atomic E-state index is 0.109. The SMILES string of the molecule is CC1(c2ccc(=O)[nH]c2B2OC(C)(C)C(C)(C)O2)CC1. The van der Waals surface area contributed by atoms with Crippen molar-refractivity contribution < 1.29 is 9.31 Å². The van der Waals surface area contributed by atoms with Crippen LogP contribution in [0.1, 0.15) is 53.0 Å². The molecule has 0 atom stereocenters. The van der Waals surface area contributed by atoms with Crippen molar-refractivity contribution in [3.05, 3.63) is 28.0 Å². The van der Waals surface area contributed by atoms with Gasteiger partial charge in [-0.15, -0.1) is 0 Å². The van der Waals surface area contributed by atoms with Crippen LogP contribution in [0.25, 0.3) is 0 Å². The van der Waals surface area contributed by atoms with Crippen molar-refractivity contribution in [1.82, 2.24) is 4.98 Å². The Kier molecular flexibility index (Phi) is 2.77. The van der Waals surface area contributed by atoms with Crippen LogP contribution in [-0.2, 0) is 14.7 Å². The van der Waals surface area contributed by atoms with Crippen molar-refractivity contribution in [3.63, 3.8) is 0 Å². The summed E-state index contributed by atoms with van der Waals surface area (Å²) in [5.41, 5.74) is 1.19. The van der Waals surface area contributed by atoms with E-state index in [4.69, 9.17) is 9.31 Å². The maximum Gasteiger partial charge on any atom is 0.512 e. The first-order valence-electron chi connectivity index (χ1n) is 7.24. The number of aromatic amines is 1. The first kappa shape index (κ1) is 13.9.